The highest BCUT2D eigenvalue weighted by molar-refractivity contribution is 5.15. The van der Waals surface area contributed by atoms with Gasteiger partial charge in [0, 0.05) is 12.3 Å². The van der Waals surface area contributed by atoms with Gasteiger partial charge in [-0.15, -0.1) is 0 Å². The van der Waals surface area contributed by atoms with Crippen LogP contribution in [0.3, 0.4) is 0 Å². The molecule has 13 nitrogen and oxygen atoms in total. The van der Waals surface area contributed by atoms with E-state index in [1.54, 1.807) is 0 Å². The fourth-order valence-corrected chi connectivity index (χ4v) is 13.2. The highest BCUT2D eigenvalue weighted by Crippen LogP contribution is 2.71. The number of ether oxygens (including phenoxy) is 6. The molecule has 0 bridgehead atoms. The van der Waals surface area contributed by atoms with Crippen LogP contribution in [0.1, 0.15) is 91.9 Å². The molecule has 22 atom stereocenters. The van der Waals surface area contributed by atoms with Crippen LogP contribution >= 0.6 is 0 Å². The Balaban J connectivity index is 0.892. The third-order valence-corrected chi connectivity index (χ3v) is 16.2. The Morgan fingerprint density at radius 3 is 2.08 bits per heavy atom. The molecule has 0 aromatic rings. The lowest BCUT2D eigenvalue weighted by atomic mass is 9.44. The van der Waals surface area contributed by atoms with Gasteiger partial charge in [0.2, 0.25) is 0 Å². The van der Waals surface area contributed by atoms with Gasteiger partial charge in [-0.05, 0) is 104 Å². The van der Waals surface area contributed by atoms with Crippen molar-refractivity contribution in [2.45, 2.75) is 171 Å². The second-order valence-electron chi connectivity index (χ2n) is 18.7. The maximum absolute atomic E-state index is 11.2. The first-order valence-corrected chi connectivity index (χ1v) is 20.3. The van der Waals surface area contributed by atoms with E-state index in [9.17, 15) is 35.7 Å². The summed E-state index contributed by atoms with van der Waals surface area (Å²) in [4.78, 5) is 0. The average Bonchev–Trinajstić information content (AvgIpc) is 3.58. The summed E-state index contributed by atoms with van der Waals surface area (Å²) < 4.78 is 37.0. The van der Waals surface area contributed by atoms with Crippen molar-refractivity contribution < 1.29 is 64.2 Å². The summed E-state index contributed by atoms with van der Waals surface area (Å²) in [6, 6.07) is 0. The Morgan fingerprint density at radius 2 is 1.37 bits per heavy atom. The standard InChI is InChI=1S/C39H64O13/c1-18-7-12-39(47-17-18)19(2)28-25(52-39)14-24-22-6-5-20-13-21(8-10-37(20,3)23(22)9-11-38(24,28)4)48-35-33(46)31(44)34(27(16-41)50-35)51-36-32(45)30(43)29(42)26(15-40)49-36/h18-36,40-46H,5-17H2,1-4H3/t18-,19?,20?,21-,22+,23-,24-,25?,26+,27+,28?,29+,30-,31+,32+,33+,34+,35+,36-,37-,38-,39+/m0/s1. The lowest BCUT2D eigenvalue weighted by molar-refractivity contribution is -0.364. The molecule has 1 spiro atoms. The van der Waals surface area contributed by atoms with Gasteiger partial charge in [0.15, 0.2) is 18.4 Å². The smallest absolute Gasteiger partial charge is 0.187 e. The van der Waals surface area contributed by atoms with Crippen LogP contribution < -0.4 is 0 Å². The molecule has 8 fully saturated rings. The number of rotatable bonds is 6. The lowest BCUT2D eigenvalue weighted by Gasteiger charge is -2.61. The zero-order valence-corrected chi connectivity index (χ0v) is 31.2. The van der Waals surface area contributed by atoms with Crippen LogP contribution in [-0.2, 0) is 28.4 Å². The van der Waals surface area contributed by atoms with E-state index in [0.717, 1.165) is 45.1 Å². The van der Waals surface area contributed by atoms with Gasteiger partial charge in [0.25, 0.3) is 0 Å². The zero-order chi connectivity index (χ0) is 36.9. The lowest BCUT2D eigenvalue weighted by Crippen LogP contribution is -2.65. The highest BCUT2D eigenvalue weighted by atomic mass is 16.7. The van der Waals surface area contributed by atoms with Crippen molar-refractivity contribution in [1.82, 2.24) is 0 Å². The predicted molar refractivity (Wildman–Crippen MR) is 183 cm³/mol. The van der Waals surface area contributed by atoms with E-state index in [1.165, 1.54) is 25.7 Å². The molecule has 4 unspecified atom stereocenters. The normalized spacial score (nSPS) is 59.0. The van der Waals surface area contributed by atoms with Gasteiger partial charge in [-0.25, -0.2) is 0 Å². The molecule has 0 amide bonds. The quantitative estimate of drug-likeness (QED) is 0.194. The highest BCUT2D eigenvalue weighted by Gasteiger charge is 2.69. The fourth-order valence-electron chi connectivity index (χ4n) is 13.2. The maximum Gasteiger partial charge on any atom is 0.187 e. The van der Waals surface area contributed by atoms with Gasteiger partial charge in [0.1, 0.15) is 48.8 Å². The summed E-state index contributed by atoms with van der Waals surface area (Å²) in [6.07, 6.45) is -3.66. The molecule has 52 heavy (non-hydrogen) atoms. The van der Waals surface area contributed by atoms with Crippen LogP contribution in [0.4, 0.5) is 0 Å². The molecule has 8 aliphatic rings. The van der Waals surface area contributed by atoms with Crippen LogP contribution in [-0.4, -0.2) is 135 Å². The third-order valence-electron chi connectivity index (χ3n) is 16.2. The first-order chi connectivity index (χ1) is 24.7. The van der Waals surface area contributed by atoms with E-state index in [2.05, 4.69) is 27.7 Å². The molecule has 4 heterocycles. The SMILES string of the molecule is CC1C2C(C[C@H]3[C@@H]4CCC5C[C@@H](O[C@@H]6O[C@H](CO)[C@@H](O[C@@H]7O[C@H](CO)[C@@H](O)[C@H](O)[C@H]7O)[C@H](O)[C@H]6O)CC[C@]5(C)[C@H]4CC[C@]23C)O[C@]12CC[C@H](C)CO2. The minimum absolute atomic E-state index is 0.188. The fraction of sp³-hybridized carbons (Fsp3) is 1.00. The van der Waals surface area contributed by atoms with Gasteiger partial charge in [0.05, 0.1) is 32.0 Å². The van der Waals surface area contributed by atoms with Crippen LogP contribution in [0.15, 0.2) is 0 Å². The molecule has 4 aliphatic carbocycles. The Labute approximate surface area is 307 Å². The molecule has 0 aromatic heterocycles. The summed E-state index contributed by atoms with van der Waals surface area (Å²) in [5, 5.41) is 72.8. The first kappa shape index (κ1) is 38.4. The molecule has 0 radical (unpaired) electrons. The summed E-state index contributed by atoms with van der Waals surface area (Å²) in [5.74, 6) is 3.63. The van der Waals surface area contributed by atoms with Crippen LogP contribution in [0.2, 0.25) is 0 Å². The van der Waals surface area contributed by atoms with E-state index in [4.69, 9.17) is 28.4 Å². The second kappa shape index (κ2) is 14.1. The van der Waals surface area contributed by atoms with Crippen molar-refractivity contribution in [1.29, 1.82) is 0 Å². The van der Waals surface area contributed by atoms with Gasteiger partial charge in [-0.1, -0.05) is 27.7 Å². The molecule has 7 N–H and O–H groups in total. The molecule has 0 aromatic carbocycles. The number of hydrogen-bond donors (Lipinski definition) is 7. The first-order valence-electron chi connectivity index (χ1n) is 20.3. The molecular formula is C39H64O13. The predicted octanol–water partition coefficient (Wildman–Crippen LogP) is 1.44. The molecule has 4 saturated heterocycles. The summed E-state index contributed by atoms with van der Waals surface area (Å²) in [7, 11) is 0. The minimum atomic E-state index is -1.71. The van der Waals surface area contributed by atoms with Gasteiger partial charge in [-0.3, -0.25) is 0 Å². The summed E-state index contributed by atoms with van der Waals surface area (Å²) in [5.41, 5.74) is 0.468. The van der Waals surface area contributed by atoms with E-state index in [0.29, 0.717) is 41.4 Å². The van der Waals surface area contributed by atoms with E-state index in [-0.39, 0.29) is 23.0 Å². The van der Waals surface area contributed by atoms with Crippen molar-refractivity contribution in [3.05, 3.63) is 0 Å². The van der Waals surface area contributed by atoms with Crippen LogP contribution in [0.25, 0.3) is 0 Å². The van der Waals surface area contributed by atoms with E-state index >= 15 is 0 Å². The molecule has 4 saturated carbocycles. The average molecular weight is 741 g/mol. The van der Waals surface area contributed by atoms with Crippen LogP contribution in [0, 0.1) is 52.3 Å². The van der Waals surface area contributed by atoms with Crippen molar-refractivity contribution in [2.24, 2.45) is 52.3 Å². The third kappa shape index (κ3) is 5.98. The van der Waals surface area contributed by atoms with Gasteiger partial charge in [-0.2, -0.15) is 0 Å². The Morgan fingerprint density at radius 1 is 0.673 bits per heavy atom. The Bertz CT molecular complexity index is 1260. The second-order valence-corrected chi connectivity index (χ2v) is 18.7. The number of aliphatic hydroxyl groups excluding tert-OH is 7. The Hall–Kier alpha value is -0.520. The maximum atomic E-state index is 11.2. The molecule has 13 heteroatoms. The Kier molecular flexibility index (Phi) is 10.4. The van der Waals surface area contributed by atoms with Crippen molar-refractivity contribution in [3.8, 4) is 0 Å². The minimum Gasteiger partial charge on any atom is -0.394 e. The number of hydrogen-bond acceptors (Lipinski definition) is 13. The molecular weight excluding hydrogens is 676 g/mol. The monoisotopic (exact) mass is 740 g/mol. The van der Waals surface area contributed by atoms with E-state index < -0.39 is 80.4 Å². The van der Waals surface area contributed by atoms with Gasteiger partial charge >= 0.3 is 0 Å². The van der Waals surface area contributed by atoms with Crippen molar-refractivity contribution >= 4 is 0 Å². The molecule has 8 rings (SSSR count). The molecule has 4 aliphatic heterocycles. The largest absolute Gasteiger partial charge is 0.394 e. The van der Waals surface area contributed by atoms with Crippen LogP contribution in [0.5, 0.6) is 0 Å². The van der Waals surface area contributed by atoms with Crippen molar-refractivity contribution in [3.63, 3.8) is 0 Å². The van der Waals surface area contributed by atoms with Crippen molar-refractivity contribution in [2.75, 3.05) is 19.8 Å². The van der Waals surface area contributed by atoms with E-state index in [1.807, 2.05) is 0 Å². The summed E-state index contributed by atoms with van der Waals surface area (Å²) in [6.45, 7) is 9.33. The topological polar surface area (TPSA) is 197 Å². The number of fused-ring (bicyclic) bond motifs is 7. The zero-order valence-electron chi connectivity index (χ0n) is 31.2. The summed E-state index contributed by atoms with van der Waals surface area (Å²) >= 11 is 0. The van der Waals surface area contributed by atoms with Gasteiger partial charge < -0.3 is 64.2 Å². The number of aliphatic hydroxyl groups is 7. The molecule has 298 valence electrons.